The molecule has 1 amide bonds. The average Bonchev–Trinajstić information content (AvgIpc) is 2.63. The third kappa shape index (κ3) is 4.42. The Morgan fingerprint density at radius 3 is 2.68 bits per heavy atom. The molecule has 1 aliphatic rings. The smallest absolute Gasteiger partial charge is 0.296 e. The van der Waals surface area contributed by atoms with Gasteiger partial charge in [-0.15, -0.1) is 0 Å². The largest absolute Gasteiger partial charge is 0.391 e. The third-order valence-electron chi connectivity index (χ3n) is 3.39. The van der Waals surface area contributed by atoms with Gasteiger partial charge in [0.25, 0.3) is 5.91 Å². The summed E-state index contributed by atoms with van der Waals surface area (Å²) in [6, 6.07) is 9.25. The Kier molecular flexibility index (Phi) is 5.00. The molecule has 1 aromatic carbocycles. The molecule has 2 rings (SSSR count). The van der Waals surface area contributed by atoms with E-state index in [1.165, 1.54) is 0 Å². The minimum atomic E-state index is -0.440. The van der Waals surface area contributed by atoms with Crippen molar-refractivity contribution in [3.05, 3.63) is 35.9 Å². The molecular weight excluding hydrogens is 238 g/mol. The molecule has 0 saturated heterocycles. The highest BCUT2D eigenvalue weighted by Gasteiger charge is 2.22. The fourth-order valence-electron chi connectivity index (χ4n) is 2.31. The molecule has 0 spiro atoms. The Morgan fingerprint density at radius 2 is 1.89 bits per heavy atom. The third-order valence-corrected chi connectivity index (χ3v) is 3.39. The first-order valence-corrected chi connectivity index (χ1v) is 6.81. The molecule has 19 heavy (non-hydrogen) atoms. The molecule has 0 aromatic heterocycles. The summed E-state index contributed by atoms with van der Waals surface area (Å²) in [5.41, 5.74) is 0.819. The fraction of sp³-hybridized carbons (Fsp3) is 0.438. The topological polar surface area (TPSA) is 49.3 Å². The maximum atomic E-state index is 11.7. The molecule has 1 fully saturated rings. The first-order chi connectivity index (χ1) is 9.25. The van der Waals surface area contributed by atoms with E-state index in [-0.39, 0.29) is 11.9 Å². The lowest BCUT2D eigenvalue weighted by Crippen LogP contribution is -2.42. The van der Waals surface area contributed by atoms with Crippen molar-refractivity contribution in [2.45, 2.75) is 44.2 Å². The van der Waals surface area contributed by atoms with Crippen LogP contribution in [-0.4, -0.2) is 23.2 Å². The summed E-state index contributed by atoms with van der Waals surface area (Å²) in [7, 11) is 0. The fourth-order valence-corrected chi connectivity index (χ4v) is 2.31. The Hall–Kier alpha value is -1.79. The molecule has 2 unspecified atom stereocenters. The summed E-state index contributed by atoms with van der Waals surface area (Å²) < 4.78 is 0. The summed E-state index contributed by atoms with van der Waals surface area (Å²) in [4.78, 5) is 11.7. The van der Waals surface area contributed by atoms with E-state index < -0.39 is 6.10 Å². The Labute approximate surface area is 114 Å². The van der Waals surface area contributed by atoms with Crippen molar-refractivity contribution < 1.29 is 9.90 Å². The molecule has 3 nitrogen and oxygen atoms in total. The monoisotopic (exact) mass is 257 g/mol. The molecule has 0 radical (unpaired) electrons. The zero-order valence-corrected chi connectivity index (χ0v) is 10.9. The lowest BCUT2D eigenvalue weighted by atomic mass is 10.1. The van der Waals surface area contributed by atoms with Crippen LogP contribution in [0, 0.1) is 11.8 Å². The van der Waals surface area contributed by atoms with Gasteiger partial charge in [0.05, 0.1) is 12.1 Å². The maximum Gasteiger partial charge on any atom is 0.296 e. The zero-order valence-electron chi connectivity index (χ0n) is 10.9. The Bertz CT molecular complexity index is 473. The van der Waals surface area contributed by atoms with Crippen LogP contribution in [0.2, 0.25) is 0 Å². The average molecular weight is 257 g/mol. The predicted molar refractivity (Wildman–Crippen MR) is 74.3 cm³/mol. The van der Waals surface area contributed by atoms with Gasteiger partial charge in [0.2, 0.25) is 0 Å². The van der Waals surface area contributed by atoms with E-state index in [9.17, 15) is 9.90 Å². The van der Waals surface area contributed by atoms with Crippen molar-refractivity contribution in [3.63, 3.8) is 0 Å². The first-order valence-electron chi connectivity index (χ1n) is 6.81. The van der Waals surface area contributed by atoms with Crippen LogP contribution in [0.3, 0.4) is 0 Å². The van der Waals surface area contributed by atoms with E-state index in [0.717, 1.165) is 37.7 Å². The van der Waals surface area contributed by atoms with Crippen LogP contribution in [-0.2, 0) is 4.79 Å². The molecular formula is C16H19NO2. The van der Waals surface area contributed by atoms with Gasteiger partial charge in [0.15, 0.2) is 0 Å². The number of carbonyl (C=O) groups is 1. The summed E-state index contributed by atoms with van der Waals surface area (Å²) in [6.07, 6.45) is 4.36. The SMILES string of the molecule is O=C(C#Cc1ccccc1)NC1CCCCCC1O. The van der Waals surface area contributed by atoms with Gasteiger partial charge in [-0.3, -0.25) is 4.79 Å². The number of nitrogens with one attached hydrogen (secondary N) is 1. The summed E-state index contributed by atoms with van der Waals surface area (Å²) in [5, 5.41) is 12.7. The van der Waals surface area contributed by atoms with E-state index in [4.69, 9.17) is 0 Å². The standard InChI is InChI=1S/C16H19NO2/c18-15-10-6-2-5-9-14(15)17-16(19)12-11-13-7-3-1-4-8-13/h1,3-4,7-8,14-15,18H,2,5-6,9-10H2,(H,17,19). The highest BCUT2D eigenvalue weighted by Crippen LogP contribution is 2.17. The highest BCUT2D eigenvalue weighted by atomic mass is 16.3. The molecule has 0 aliphatic heterocycles. The lowest BCUT2D eigenvalue weighted by Gasteiger charge is -2.20. The Balaban J connectivity index is 1.92. The molecule has 0 heterocycles. The van der Waals surface area contributed by atoms with Gasteiger partial charge in [-0.25, -0.2) is 0 Å². The lowest BCUT2D eigenvalue weighted by molar-refractivity contribution is -0.117. The van der Waals surface area contributed by atoms with Gasteiger partial charge in [-0.05, 0) is 25.0 Å². The maximum absolute atomic E-state index is 11.7. The van der Waals surface area contributed by atoms with Crippen LogP contribution in [0.5, 0.6) is 0 Å². The van der Waals surface area contributed by atoms with Crippen molar-refractivity contribution in [1.82, 2.24) is 5.32 Å². The van der Waals surface area contributed by atoms with Gasteiger partial charge < -0.3 is 10.4 Å². The number of rotatable bonds is 1. The summed E-state index contributed by atoms with van der Waals surface area (Å²) >= 11 is 0. The van der Waals surface area contributed by atoms with Gasteiger partial charge >= 0.3 is 0 Å². The van der Waals surface area contributed by atoms with Gasteiger partial charge in [-0.1, -0.05) is 43.4 Å². The summed E-state index contributed by atoms with van der Waals surface area (Å²) in [5.74, 6) is 5.09. The molecule has 2 atom stereocenters. The second kappa shape index (κ2) is 6.96. The number of hydrogen-bond acceptors (Lipinski definition) is 2. The second-order valence-electron chi connectivity index (χ2n) is 4.90. The van der Waals surface area contributed by atoms with Crippen molar-refractivity contribution in [1.29, 1.82) is 0 Å². The molecule has 1 aromatic rings. The van der Waals surface area contributed by atoms with Gasteiger partial charge in [0.1, 0.15) is 0 Å². The number of aliphatic hydroxyl groups is 1. The molecule has 2 N–H and O–H groups in total. The number of hydrogen-bond donors (Lipinski definition) is 2. The van der Waals surface area contributed by atoms with Crippen LogP contribution >= 0.6 is 0 Å². The minimum Gasteiger partial charge on any atom is -0.391 e. The van der Waals surface area contributed by atoms with Crippen molar-refractivity contribution in [2.75, 3.05) is 0 Å². The molecule has 0 bridgehead atoms. The van der Waals surface area contributed by atoms with Crippen molar-refractivity contribution in [2.24, 2.45) is 0 Å². The first kappa shape index (κ1) is 13.6. The molecule has 1 aliphatic carbocycles. The van der Waals surface area contributed by atoms with E-state index in [1.54, 1.807) is 0 Å². The van der Waals surface area contributed by atoms with Crippen LogP contribution in [0.4, 0.5) is 0 Å². The van der Waals surface area contributed by atoms with Crippen LogP contribution < -0.4 is 5.32 Å². The molecule has 3 heteroatoms. The van der Waals surface area contributed by atoms with Crippen molar-refractivity contribution in [3.8, 4) is 11.8 Å². The number of amides is 1. The number of carbonyl (C=O) groups excluding carboxylic acids is 1. The van der Waals surface area contributed by atoms with E-state index >= 15 is 0 Å². The zero-order chi connectivity index (χ0) is 13.5. The van der Waals surface area contributed by atoms with E-state index in [1.807, 2.05) is 30.3 Å². The number of aliphatic hydroxyl groups excluding tert-OH is 1. The summed E-state index contributed by atoms with van der Waals surface area (Å²) in [6.45, 7) is 0. The van der Waals surface area contributed by atoms with Crippen molar-refractivity contribution >= 4 is 5.91 Å². The van der Waals surface area contributed by atoms with E-state index in [0.29, 0.717) is 0 Å². The Morgan fingerprint density at radius 1 is 1.16 bits per heavy atom. The minimum absolute atomic E-state index is 0.153. The van der Waals surface area contributed by atoms with Gasteiger partial charge in [0, 0.05) is 11.5 Å². The van der Waals surface area contributed by atoms with Crippen LogP contribution in [0.25, 0.3) is 0 Å². The normalized spacial score (nSPS) is 22.8. The second-order valence-corrected chi connectivity index (χ2v) is 4.90. The van der Waals surface area contributed by atoms with Gasteiger partial charge in [-0.2, -0.15) is 0 Å². The predicted octanol–water partition coefficient (Wildman–Crippen LogP) is 1.85. The quantitative estimate of drug-likeness (QED) is 0.596. The van der Waals surface area contributed by atoms with E-state index in [2.05, 4.69) is 17.2 Å². The molecule has 1 saturated carbocycles. The van der Waals surface area contributed by atoms with Crippen LogP contribution in [0.15, 0.2) is 30.3 Å². The van der Waals surface area contributed by atoms with Crippen LogP contribution in [0.1, 0.15) is 37.7 Å². The number of benzene rings is 1. The molecule has 100 valence electrons. The highest BCUT2D eigenvalue weighted by molar-refractivity contribution is 5.94.